The molecule has 1 aliphatic rings. The Hall–Kier alpha value is -2.51. The third-order valence-corrected chi connectivity index (χ3v) is 9.06. The number of carbonyl (C=O) groups is 1. The second kappa shape index (κ2) is 12.3. The number of hydrogen-bond acceptors (Lipinski definition) is 7. The highest BCUT2D eigenvalue weighted by molar-refractivity contribution is 7.89. The van der Waals surface area contributed by atoms with Gasteiger partial charge in [-0.1, -0.05) is 44.2 Å². The van der Waals surface area contributed by atoms with Crippen LogP contribution in [-0.4, -0.2) is 77.1 Å². The van der Waals surface area contributed by atoms with Gasteiger partial charge in [-0.3, -0.25) is 9.42 Å². The van der Waals surface area contributed by atoms with Crippen LogP contribution in [0, 0.1) is 5.92 Å². The molecule has 0 bridgehead atoms. The van der Waals surface area contributed by atoms with Crippen molar-refractivity contribution in [2.24, 2.45) is 5.92 Å². The van der Waals surface area contributed by atoms with Gasteiger partial charge in [0.15, 0.2) is 0 Å². The Balaban J connectivity index is 2.21. The summed E-state index contributed by atoms with van der Waals surface area (Å²) in [5, 5.41) is 10.4. The number of phosphoric acid groups is 1. The van der Waals surface area contributed by atoms with Gasteiger partial charge < -0.3 is 25.4 Å². The van der Waals surface area contributed by atoms with Crippen LogP contribution in [0.2, 0.25) is 0 Å². The van der Waals surface area contributed by atoms with Crippen molar-refractivity contribution in [3.8, 4) is 0 Å². The molecular weight excluding hydrogens is 549 g/mol. The zero-order valence-electron chi connectivity index (χ0n) is 22.1. The zero-order valence-corrected chi connectivity index (χ0v) is 23.8. The van der Waals surface area contributed by atoms with Gasteiger partial charge in [-0.15, -0.1) is 0 Å². The minimum Gasteiger partial charge on any atom is -0.465 e. The van der Waals surface area contributed by atoms with E-state index in [0.29, 0.717) is 24.3 Å². The lowest BCUT2D eigenvalue weighted by Crippen LogP contribution is -2.61. The molecule has 39 heavy (non-hydrogen) atoms. The van der Waals surface area contributed by atoms with Gasteiger partial charge in [0.2, 0.25) is 10.0 Å². The lowest BCUT2D eigenvalue weighted by atomic mass is 9.83. The summed E-state index contributed by atoms with van der Waals surface area (Å²) in [6.45, 7) is 4.85. The molecule has 2 aromatic rings. The summed E-state index contributed by atoms with van der Waals surface area (Å²) in [4.78, 5) is 33.7. The quantitative estimate of drug-likeness (QED) is 0.214. The van der Waals surface area contributed by atoms with E-state index >= 15 is 0 Å². The molecule has 1 unspecified atom stereocenters. The number of hydrogen-bond donors (Lipinski definition) is 4. The molecule has 1 saturated heterocycles. The summed E-state index contributed by atoms with van der Waals surface area (Å²) >= 11 is 0. The molecule has 1 heterocycles. The number of anilines is 1. The molecule has 0 saturated carbocycles. The molecule has 1 fully saturated rings. The van der Waals surface area contributed by atoms with E-state index in [1.165, 1.54) is 31.2 Å². The van der Waals surface area contributed by atoms with Crippen LogP contribution < -0.4 is 5.73 Å². The first-order chi connectivity index (χ1) is 18.2. The van der Waals surface area contributed by atoms with Gasteiger partial charge in [-0.25, -0.2) is 17.8 Å². The van der Waals surface area contributed by atoms with Crippen molar-refractivity contribution in [3.63, 3.8) is 0 Å². The van der Waals surface area contributed by atoms with Crippen LogP contribution in [0.3, 0.4) is 0 Å². The van der Waals surface area contributed by atoms with Crippen molar-refractivity contribution in [1.82, 2.24) is 9.21 Å². The molecule has 12 nitrogen and oxygen atoms in total. The molecule has 0 aromatic heterocycles. The van der Waals surface area contributed by atoms with E-state index in [0.717, 1.165) is 9.21 Å². The van der Waals surface area contributed by atoms with Gasteiger partial charge >= 0.3 is 13.9 Å². The number of phosphoric ester groups is 1. The maximum atomic E-state index is 13.8. The molecule has 3 rings (SSSR count). The molecule has 5 N–H and O–H groups in total. The van der Waals surface area contributed by atoms with E-state index in [1.54, 1.807) is 44.2 Å². The minimum absolute atomic E-state index is 0.0296. The molecule has 14 heteroatoms. The van der Waals surface area contributed by atoms with E-state index in [1.807, 2.05) is 0 Å². The summed E-state index contributed by atoms with van der Waals surface area (Å²) in [6.07, 6.45) is -2.65. The van der Waals surface area contributed by atoms with E-state index in [9.17, 15) is 32.7 Å². The molecule has 0 aliphatic carbocycles. The van der Waals surface area contributed by atoms with Crippen LogP contribution >= 0.6 is 7.82 Å². The Kier molecular flexibility index (Phi) is 9.82. The summed E-state index contributed by atoms with van der Waals surface area (Å²) in [5.41, 5.74) is 4.72. The maximum Gasteiger partial charge on any atom is 0.469 e. The fourth-order valence-corrected chi connectivity index (χ4v) is 7.05. The summed E-state index contributed by atoms with van der Waals surface area (Å²) in [6, 6.07) is 13.1. The molecule has 0 spiro atoms. The third kappa shape index (κ3) is 7.37. The van der Waals surface area contributed by atoms with Crippen molar-refractivity contribution in [2.75, 3.05) is 32.0 Å². The summed E-state index contributed by atoms with van der Waals surface area (Å²) < 4.78 is 51.7. The molecule has 2 aromatic carbocycles. The van der Waals surface area contributed by atoms with Crippen LogP contribution in [-0.2, 0) is 29.4 Å². The van der Waals surface area contributed by atoms with Gasteiger partial charge in [0.05, 0.1) is 23.1 Å². The van der Waals surface area contributed by atoms with Crippen LogP contribution in [0.25, 0.3) is 0 Å². The Morgan fingerprint density at radius 2 is 1.77 bits per heavy atom. The van der Waals surface area contributed by atoms with Crippen molar-refractivity contribution < 1.29 is 41.9 Å². The monoisotopic (exact) mass is 585 g/mol. The predicted molar refractivity (Wildman–Crippen MR) is 144 cm³/mol. The van der Waals surface area contributed by atoms with Gasteiger partial charge in [0.1, 0.15) is 6.10 Å². The van der Waals surface area contributed by atoms with Gasteiger partial charge in [-0.2, -0.15) is 4.31 Å². The Morgan fingerprint density at radius 1 is 1.15 bits per heavy atom. The van der Waals surface area contributed by atoms with Gasteiger partial charge in [-0.05, 0) is 49.1 Å². The average molecular weight is 586 g/mol. The Bertz CT molecular complexity index is 1270. The molecule has 1 amide bonds. The number of nitrogen functional groups attached to an aromatic ring is 1. The second-order valence-corrected chi connectivity index (χ2v) is 13.2. The predicted octanol–water partition coefficient (Wildman–Crippen LogP) is 3.08. The highest BCUT2D eigenvalue weighted by Gasteiger charge is 2.51. The first-order valence-electron chi connectivity index (χ1n) is 12.4. The van der Waals surface area contributed by atoms with Gasteiger partial charge in [0, 0.05) is 25.4 Å². The maximum absolute atomic E-state index is 13.8. The van der Waals surface area contributed by atoms with Crippen molar-refractivity contribution in [1.29, 1.82) is 0 Å². The highest BCUT2D eigenvalue weighted by atomic mass is 32.2. The SMILES string of the molecule is CC(C)CN(C[C@@H](OP(=O)(O)O)[C@](C)(c1ccccc1)N(C(=O)O)C1CCOC1)S(=O)(=O)c1ccc(N)cc1. The smallest absolute Gasteiger partial charge is 0.465 e. The Labute approximate surface area is 228 Å². The summed E-state index contributed by atoms with van der Waals surface area (Å²) in [7, 11) is -9.47. The lowest BCUT2D eigenvalue weighted by Gasteiger charge is -2.48. The van der Waals surface area contributed by atoms with E-state index in [4.69, 9.17) is 15.0 Å². The van der Waals surface area contributed by atoms with E-state index < -0.39 is 48.2 Å². The lowest BCUT2D eigenvalue weighted by molar-refractivity contribution is -0.0418. The topological polar surface area (TPSA) is 180 Å². The molecule has 3 atom stereocenters. The average Bonchev–Trinajstić information content (AvgIpc) is 3.36. The largest absolute Gasteiger partial charge is 0.469 e. The molecule has 216 valence electrons. The van der Waals surface area contributed by atoms with Crippen LogP contribution in [0.4, 0.5) is 10.5 Å². The number of benzene rings is 2. The van der Waals surface area contributed by atoms with Crippen LogP contribution in [0.15, 0.2) is 59.5 Å². The molecular formula is C25H36N3O9PS. The fourth-order valence-electron chi connectivity index (χ4n) is 4.85. The van der Waals surface area contributed by atoms with Gasteiger partial charge in [0.25, 0.3) is 0 Å². The highest BCUT2D eigenvalue weighted by Crippen LogP contribution is 2.46. The first-order valence-corrected chi connectivity index (χ1v) is 15.4. The second-order valence-electron chi connectivity index (χ2n) is 10.1. The number of amides is 1. The van der Waals surface area contributed by atoms with Crippen LogP contribution in [0.5, 0.6) is 0 Å². The van der Waals surface area contributed by atoms with Crippen molar-refractivity contribution in [2.45, 2.75) is 49.8 Å². The fraction of sp³-hybridized carbons (Fsp3) is 0.480. The third-order valence-electron chi connectivity index (χ3n) is 6.68. The molecule has 0 radical (unpaired) electrons. The normalized spacial score (nSPS) is 18.7. The Morgan fingerprint density at radius 3 is 2.26 bits per heavy atom. The number of nitrogens with two attached hydrogens (primary N) is 1. The number of carboxylic acid groups (broad SMARTS) is 1. The van der Waals surface area contributed by atoms with Crippen molar-refractivity contribution >= 4 is 29.6 Å². The van der Waals surface area contributed by atoms with Crippen LogP contribution in [0.1, 0.15) is 32.8 Å². The molecule has 1 aliphatic heterocycles. The number of sulfonamides is 1. The minimum atomic E-state index is -5.25. The van der Waals surface area contributed by atoms with E-state index in [-0.39, 0.29) is 24.0 Å². The summed E-state index contributed by atoms with van der Waals surface area (Å²) in [5.74, 6) is -0.189. The number of nitrogens with zero attached hydrogens (tertiary/aromatic N) is 2. The zero-order chi connectivity index (χ0) is 29.0. The van der Waals surface area contributed by atoms with Crippen molar-refractivity contribution in [3.05, 3.63) is 60.2 Å². The van der Waals surface area contributed by atoms with E-state index in [2.05, 4.69) is 0 Å². The number of ether oxygens (including phenoxy) is 1. The first kappa shape index (κ1) is 31.0. The number of rotatable bonds is 12. The standard InChI is InChI=1S/C25H36N3O9PS/c1-18(2)15-27(39(34,35)22-11-9-20(26)10-12-22)16-23(37-38(31,32)33)25(3,19-7-5-4-6-8-19)28(24(29)30)21-13-14-36-17-21/h4-12,18,21,23H,13-17,26H2,1-3H3,(H,29,30)(H2,31,32,33)/t21?,23-,25+/m1/s1.